The fraction of sp³-hybridized carbons (Fsp3) is 0.895. The van der Waals surface area contributed by atoms with Crippen LogP contribution >= 0.6 is 0 Å². The van der Waals surface area contributed by atoms with Gasteiger partial charge in [0.05, 0.1) is 5.92 Å². The number of ether oxygens (including phenoxy) is 2. The third kappa shape index (κ3) is 3.14. The highest BCUT2D eigenvalue weighted by Crippen LogP contribution is 2.64. The van der Waals surface area contributed by atoms with Gasteiger partial charge in [0.15, 0.2) is 0 Å². The van der Waals surface area contributed by atoms with Crippen LogP contribution in [0.3, 0.4) is 0 Å². The van der Waals surface area contributed by atoms with E-state index in [0.29, 0.717) is 0 Å². The maximum absolute atomic E-state index is 12.5. The lowest BCUT2D eigenvalue weighted by Crippen LogP contribution is -2.57. The summed E-state index contributed by atoms with van der Waals surface area (Å²) in [5, 5.41) is 0. The summed E-state index contributed by atoms with van der Waals surface area (Å²) in [6, 6.07) is 0. The molecule has 0 aromatic heterocycles. The fourth-order valence-electron chi connectivity index (χ4n) is 5.62. The first kappa shape index (κ1) is 16.8. The zero-order valence-corrected chi connectivity index (χ0v) is 14.9. The second-order valence-electron chi connectivity index (χ2n) is 8.83. The van der Waals surface area contributed by atoms with Crippen molar-refractivity contribution in [3.05, 3.63) is 0 Å². The number of rotatable bonds is 5. The van der Waals surface area contributed by atoms with Crippen molar-refractivity contribution in [1.82, 2.24) is 0 Å². The molecule has 0 amide bonds. The number of carbonyl (C=O) groups is 2. The van der Waals surface area contributed by atoms with Gasteiger partial charge in [-0.25, -0.2) is 0 Å². The number of hydrogen-bond acceptors (Lipinski definition) is 4. The third-order valence-electron chi connectivity index (χ3n) is 6.61. The van der Waals surface area contributed by atoms with Crippen molar-refractivity contribution < 1.29 is 19.1 Å². The zero-order valence-electron chi connectivity index (χ0n) is 14.9. The second kappa shape index (κ2) is 5.78. The molecule has 4 fully saturated rings. The molecule has 1 unspecified atom stereocenters. The first-order chi connectivity index (χ1) is 10.7. The van der Waals surface area contributed by atoms with Crippen molar-refractivity contribution in [2.45, 2.75) is 71.8 Å². The molecule has 4 bridgehead atoms. The molecule has 0 spiro atoms. The Balaban J connectivity index is 1.66. The van der Waals surface area contributed by atoms with Crippen LogP contribution in [0.4, 0.5) is 0 Å². The number of carbonyl (C=O) groups excluding carboxylic acids is 2. The summed E-state index contributed by atoms with van der Waals surface area (Å²) in [6.07, 6.45) is 7.76. The molecule has 0 N–H and O–H groups in total. The monoisotopic (exact) mass is 322 g/mol. The van der Waals surface area contributed by atoms with Crippen LogP contribution in [0.2, 0.25) is 0 Å². The highest BCUT2D eigenvalue weighted by Gasteiger charge is 2.58. The van der Waals surface area contributed by atoms with Crippen LogP contribution in [0.5, 0.6) is 0 Å². The van der Waals surface area contributed by atoms with Crippen LogP contribution in [-0.4, -0.2) is 24.1 Å². The molecule has 4 aliphatic carbocycles. The molecule has 0 aromatic rings. The van der Waals surface area contributed by atoms with Gasteiger partial charge in [-0.15, -0.1) is 0 Å². The Morgan fingerprint density at radius 3 is 2.00 bits per heavy atom. The Hall–Kier alpha value is -1.06. The smallest absolute Gasteiger partial charge is 0.312 e. The topological polar surface area (TPSA) is 52.6 Å². The lowest BCUT2D eigenvalue weighted by molar-refractivity contribution is -0.203. The minimum absolute atomic E-state index is 0.102. The van der Waals surface area contributed by atoms with Gasteiger partial charge in [-0.2, -0.15) is 0 Å². The summed E-state index contributed by atoms with van der Waals surface area (Å²) in [4.78, 5) is 23.4. The van der Waals surface area contributed by atoms with Gasteiger partial charge in [-0.1, -0.05) is 0 Å². The van der Waals surface area contributed by atoms with Crippen LogP contribution in [0.25, 0.3) is 0 Å². The first-order valence-corrected chi connectivity index (χ1v) is 9.07. The molecule has 0 radical (unpaired) electrons. The Labute approximate surface area is 139 Å². The van der Waals surface area contributed by atoms with E-state index in [1.807, 2.05) is 0 Å². The minimum atomic E-state index is -0.440. The van der Waals surface area contributed by atoms with Crippen molar-refractivity contribution in [3.63, 3.8) is 0 Å². The van der Waals surface area contributed by atoms with Gasteiger partial charge in [0.25, 0.3) is 0 Å². The van der Waals surface area contributed by atoms with E-state index in [1.54, 1.807) is 6.92 Å². The van der Waals surface area contributed by atoms with Crippen LogP contribution in [-0.2, 0) is 19.1 Å². The maximum Gasteiger partial charge on any atom is 0.312 e. The van der Waals surface area contributed by atoms with E-state index in [2.05, 4.69) is 13.8 Å². The van der Waals surface area contributed by atoms with Crippen LogP contribution in [0.15, 0.2) is 0 Å². The van der Waals surface area contributed by atoms with Crippen LogP contribution in [0, 0.1) is 29.1 Å². The molecule has 23 heavy (non-hydrogen) atoms. The average Bonchev–Trinajstić information content (AvgIpc) is 2.42. The van der Waals surface area contributed by atoms with Gasteiger partial charge in [0.2, 0.25) is 0 Å². The Morgan fingerprint density at radius 1 is 1.09 bits per heavy atom. The lowest BCUT2D eigenvalue weighted by Gasteiger charge is -2.61. The van der Waals surface area contributed by atoms with Crippen molar-refractivity contribution in [2.24, 2.45) is 29.1 Å². The highest BCUT2D eigenvalue weighted by molar-refractivity contribution is 5.73. The molecular weight excluding hydrogens is 292 g/mol. The maximum atomic E-state index is 12.5. The summed E-state index contributed by atoms with van der Waals surface area (Å²) in [7, 11) is 0. The molecule has 0 aliphatic heterocycles. The zero-order chi connectivity index (χ0) is 16.8. The molecule has 4 heteroatoms. The fourth-order valence-corrected chi connectivity index (χ4v) is 5.62. The Kier molecular flexibility index (Phi) is 4.22. The van der Waals surface area contributed by atoms with E-state index in [4.69, 9.17) is 9.47 Å². The number of hydrogen-bond donors (Lipinski definition) is 0. The van der Waals surface area contributed by atoms with Gasteiger partial charge >= 0.3 is 11.9 Å². The predicted molar refractivity (Wildman–Crippen MR) is 86.6 cm³/mol. The van der Waals surface area contributed by atoms with E-state index in [-0.39, 0.29) is 24.0 Å². The normalized spacial score (nSPS) is 36.6. The van der Waals surface area contributed by atoms with Crippen molar-refractivity contribution in [2.75, 3.05) is 6.61 Å². The van der Waals surface area contributed by atoms with E-state index in [0.717, 1.165) is 17.8 Å². The summed E-state index contributed by atoms with van der Waals surface area (Å²) in [5.41, 5.74) is -0.289. The molecule has 4 aliphatic rings. The standard InChI is InChI=1S/C19H30O4/c1-12(11-22-13(2)20)17(21)23-18(3,4)19-8-14-5-15(9-19)7-16(6-14)10-19/h12,14-16H,5-11H2,1-4H3. The quantitative estimate of drug-likeness (QED) is 0.724. The summed E-state index contributed by atoms with van der Waals surface area (Å²) in [5.74, 6) is 1.48. The lowest BCUT2D eigenvalue weighted by atomic mass is 9.46. The average molecular weight is 322 g/mol. The Morgan fingerprint density at radius 2 is 1.57 bits per heavy atom. The minimum Gasteiger partial charge on any atom is -0.465 e. The largest absolute Gasteiger partial charge is 0.465 e. The molecule has 0 saturated heterocycles. The van der Waals surface area contributed by atoms with E-state index < -0.39 is 11.5 Å². The molecule has 0 aromatic carbocycles. The van der Waals surface area contributed by atoms with Gasteiger partial charge in [-0.05, 0) is 77.0 Å². The van der Waals surface area contributed by atoms with Crippen LogP contribution < -0.4 is 0 Å². The predicted octanol–water partition coefficient (Wildman–Crippen LogP) is 3.72. The van der Waals surface area contributed by atoms with E-state index in [1.165, 1.54) is 45.4 Å². The second-order valence-corrected chi connectivity index (χ2v) is 8.83. The van der Waals surface area contributed by atoms with Crippen molar-refractivity contribution in [1.29, 1.82) is 0 Å². The number of esters is 2. The summed E-state index contributed by atoms with van der Waals surface area (Å²) < 4.78 is 10.9. The SMILES string of the molecule is CC(=O)OCC(C)C(=O)OC(C)(C)C12CC3CC(CC(C3)C1)C2. The van der Waals surface area contributed by atoms with Gasteiger partial charge < -0.3 is 9.47 Å². The molecule has 4 nitrogen and oxygen atoms in total. The molecular formula is C19H30O4. The first-order valence-electron chi connectivity index (χ1n) is 9.07. The molecule has 1 atom stereocenters. The molecule has 4 saturated carbocycles. The van der Waals surface area contributed by atoms with Gasteiger partial charge in [-0.3, -0.25) is 9.59 Å². The Bertz CT molecular complexity index is 458. The van der Waals surface area contributed by atoms with Crippen molar-refractivity contribution in [3.8, 4) is 0 Å². The van der Waals surface area contributed by atoms with Gasteiger partial charge in [0, 0.05) is 12.3 Å². The molecule has 130 valence electrons. The van der Waals surface area contributed by atoms with Crippen molar-refractivity contribution >= 4 is 11.9 Å². The molecule has 0 heterocycles. The summed E-state index contributed by atoms with van der Waals surface area (Å²) in [6.45, 7) is 7.41. The van der Waals surface area contributed by atoms with Crippen LogP contribution in [0.1, 0.15) is 66.2 Å². The van der Waals surface area contributed by atoms with E-state index >= 15 is 0 Å². The third-order valence-corrected chi connectivity index (χ3v) is 6.61. The highest BCUT2D eigenvalue weighted by atomic mass is 16.6. The van der Waals surface area contributed by atoms with Gasteiger partial charge in [0.1, 0.15) is 12.2 Å². The molecule has 4 rings (SSSR count). The summed E-state index contributed by atoms with van der Waals surface area (Å²) >= 11 is 0. The van der Waals surface area contributed by atoms with E-state index in [9.17, 15) is 9.59 Å².